The van der Waals surface area contributed by atoms with Crippen LogP contribution in [0.15, 0.2) is 34.9 Å². The molecule has 0 aliphatic heterocycles. The maximum atomic E-state index is 7.22. The Morgan fingerprint density at radius 3 is 2.44 bits per heavy atom. The monoisotopic (exact) mass is 589 g/mol. The number of allylic oxidation sites excluding steroid dienone is 6. The van der Waals surface area contributed by atoms with Gasteiger partial charge < -0.3 is 0 Å². The van der Waals surface area contributed by atoms with Crippen LogP contribution in [-0.4, -0.2) is 13.6 Å². The van der Waals surface area contributed by atoms with E-state index >= 15 is 0 Å². The van der Waals surface area contributed by atoms with Gasteiger partial charge in [-0.15, -0.1) is 0 Å². The summed E-state index contributed by atoms with van der Waals surface area (Å²) in [5, 5.41) is 1.80. The summed E-state index contributed by atoms with van der Waals surface area (Å²) in [6.07, 6.45) is 14.3. The standard InChI is InChI=1S/C23H35Si.2ClH.Hf/c1-7-17-14-11-15-19-20(16(17)3)22(24(5)6)23(4,8-2)21(19)18-12-9-10-13-18;;;/h9-10,12,16-17H,7-8,11,13-15H2,1-6H3;2*1H;/q;;;+2/p-2. The molecule has 0 aromatic rings. The van der Waals surface area contributed by atoms with Crippen LogP contribution in [0.3, 0.4) is 0 Å². The molecule has 27 heavy (non-hydrogen) atoms. The van der Waals surface area contributed by atoms with E-state index in [0.29, 0.717) is 5.92 Å². The van der Waals surface area contributed by atoms with Gasteiger partial charge in [0, 0.05) is 0 Å². The molecule has 0 bridgehead atoms. The summed E-state index contributed by atoms with van der Waals surface area (Å²) in [7, 11) is 13.9. The van der Waals surface area contributed by atoms with Crippen molar-refractivity contribution < 1.29 is 19.1 Å². The number of hydrogen-bond acceptors (Lipinski definition) is 0. The zero-order valence-electron chi connectivity index (χ0n) is 17.9. The van der Waals surface area contributed by atoms with Gasteiger partial charge in [-0.1, -0.05) is 0 Å². The summed E-state index contributed by atoms with van der Waals surface area (Å²) < 4.78 is -0.0114. The zero-order valence-corrected chi connectivity index (χ0v) is 24.0. The minimum absolute atomic E-state index is 0.0114. The fraction of sp³-hybridized carbons (Fsp3) is 0.696. The van der Waals surface area contributed by atoms with Crippen molar-refractivity contribution in [3.63, 3.8) is 0 Å². The van der Waals surface area contributed by atoms with Crippen LogP contribution in [0.4, 0.5) is 0 Å². The summed E-state index contributed by atoms with van der Waals surface area (Å²) in [6, 6.07) is 0. The van der Waals surface area contributed by atoms with Crippen molar-refractivity contribution in [2.24, 2.45) is 17.3 Å². The Balaban J connectivity index is 2.39. The molecule has 3 aliphatic carbocycles. The fourth-order valence-electron chi connectivity index (χ4n) is 6.56. The van der Waals surface area contributed by atoms with Gasteiger partial charge in [0.2, 0.25) is 0 Å². The van der Waals surface area contributed by atoms with Crippen molar-refractivity contribution in [3.05, 3.63) is 34.9 Å². The van der Waals surface area contributed by atoms with E-state index < -0.39 is 27.5 Å². The molecule has 149 valence electrons. The first-order chi connectivity index (χ1) is 12.8. The van der Waals surface area contributed by atoms with Gasteiger partial charge in [0.1, 0.15) is 0 Å². The molecule has 4 heteroatoms. The van der Waals surface area contributed by atoms with E-state index in [9.17, 15) is 0 Å². The average molecular weight is 589 g/mol. The van der Waals surface area contributed by atoms with Gasteiger partial charge in [0.25, 0.3) is 0 Å². The molecule has 0 saturated heterocycles. The number of rotatable bonds is 4. The fourth-order valence-corrected chi connectivity index (χ4v) is 22.5. The van der Waals surface area contributed by atoms with Crippen LogP contribution in [0, 0.1) is 17.3 Å². The molecule has 0 fully saturated rings. The summed E-state index contributed by atoms with van der Waals surface area (Å²) in [6.45, 7) is 14.8. The molecular weight excluding hydrogens is 554 g/mol. The quantitative estimate of drug-likeness (QED) is 0.292. The van der Waals surface area contributed by atoms with E-state index in [2.05, 4.69) is 59.0 Å². The van der Waals surface area contributed by atoms with Gasteiger partial charge in [-0.2, -0.15) is 0 Å². The van der Waals surface area contributed by atoms with Crippen molar-refractivity contribution in [2.75, 3.05) is 0 Å². The Morgan fingerprint density at radius 1 is 1.26 bits per heavy atom. The van der Waals surface area contributed by atoms with E-state index in [4.69, 9.17) is 17.2 Å². The molecule has 3 aliphatic rings. The van der Waals surface area contributed by atoms with Gasteiger partial charge in [0.15, 0.2) is 0 Å². The van der Waals surface area contributed by atoms with E-state index in [0.717, 1.165) is 18.8 Å². The van der Waals surface area contributed by atoms with E-state index in [1.807, 2.05) is 0 Å². The van der Waals surface area contributed by atoms with Crippen LogP contribution >= 0.6 is 17.2 Å². The third-order valence-electron chi connectivity index (χ3n) is 7.86. The van der Waals surface area contributed by atoms with Crippen molar-refractivity contribution in [1.82, 2.24) is 0 Å². The Morgan fingerprint density at radius 2 is 1.96 bits per heavy atom. The first-order valence-corrected chi connectivity index (χ1v) is 23.9. The number of hydrogen-bond donors (Lipinski definition) is 0. The maximum absolute atomic E-state index is 7.22. The number of halogens is 2. The molecule has 0 radical (unpaired) electrons. The average Bonchev–Trinajstić information content (AvgIpc) is 3.18. The predicted octanol–water partition coefficient (Wildman–Crippen LogP) is 8.04. The van der Waals surface area contributed by atoms with Crippen LogP contribution in [0.5, 0.6) is 0 Å². The SMILES string of the molecule is CCC1CCCC2=C(C(=[Si](C)C)C(C)(CC)[C]2(C2=CC=CC2)[Hf]([Cl])[Cl])C1C. The van der Waals surface area contributed by atoms with Crippen LogP contribution in [0.1, 0.15) is 66.2 Å². The van der Waals surface area contributed by atoms with Crippen LogP contribution in [-0.2, 0) is 19.1 Å². The molecule has 0 aromatic heterocycles. The molecule has 0 saturated carbocycles. The first kappa shape index (κ1) is 22.4. The Bertz CT molecular complexity index is 729. The first-order valence-electron chi connectivity index (χ1n) is 10.7. The van der Waals surface area contributed by atoms with Crippen LogP contribution < -0.4 is 0 Å². The van der Waals surface area contributed by atoms with Gasteiger partial charge >= 0.3 is 184 Å². The van der Waals surface area contributed by atoms with Gasteiger partial charge in [-0.05, 0) is 0 Å². The third kappa shape index (κ3) is 3.18. The molecule has 4 atom stereocenters. The molecule has 0 spiro atoms. The van der Waals surface area contributed by atoms with E-state index in [-0.39, 0.29) is 8.59 Å². The normalized spacial score (nSPS) is 36.0. The second kappa shape index (κ2) is 8.48. The second-order valence-electron chi connectivity index (χ2n) is 9.14. The molecule has 0 aromatic carbocycles. The van der Waals surface area contributed by atoms with Crippen LogP contribution in [0.2, 0.25) is 16.3 Å². The van der Waals surface area contributed by atoms with Crippen LogP contribution in [0.25, 0.3) is 0 Å². The van der Waals surface area contributed by atoms with Crippen molar-refractivity contribution in [3.8, 4) is 0 Å². The van der Waals surface area contributed by atoms with Gasteiger partial charge in [-0.25, -0.2) is 0 Å². The molecule has 4 unspecified atom stereocenters. The van der Waals surface area contributed by atoms with Crippen molar-refractivity contribution in [2.45, 2.75) is 82.5 Å². The summed E-state index contributed by atoms with van der Waals surface area (Å²) >= 11 is -2.90. The van der Waals surface area contributed by atoms with E-state index in [1.54, 1.807) is 21.9 Å². The molecule has 0 N–H and O–H groups in total. The van der Waals surface area contributed by atoms with Crippen molar-refractivity contribution in [1.29, 1.82) is 0 Å². The van der Waals surface area contributed by atoms with Gasteiger partial charge in [0.05, 0.1) is 0 Å². The third-order valence-corrected chi connectivity index (χ3v) is 20.6. The minimum atomic E-state index is -2.90. The zero-order chi connectivity index (χ0) is 20.0. The molecule has 0 heterocycles. The summed E-state index contributed by atoms with van der Waals surface area (Å²) in [4.78, 5) is 0. The van der Waals surface area contributed by atoms with Crippen molar-refractivity contribution >= 4 is 30.7 Å². The topological polar surface area (TPSA) is 0 Å². The predicted molar refractivity (Wildman–Crippen MR) is 121 cm³/mol. The molecule has 0 amide bonds. The van der Waals surface area contributed by atoms with E-state index in [1.165, 1.54) is 25.7 Å². The Kier molecular flexibility index (Phi) is 7.05. The Hall–Kier alpha value is 0.757. The molecular formula is C23H35Cl2HfSi. The van der Waals surface area contributed by atoms with Gasteiger partial charge in [-0.3, -0.25) is 0 Å². The Labute approximate surface area is 183 Å². The molecule has 3 rings (SSSR count). The summed E-state index contributed by atoms with van der Waals surface area (Å²) in [5.74, 6) is 1.46. The second-order valence-corrected chi connectivity index (χ2v) is 24.0. The molecule has 0 nitrogen and oxygen atoms in total. The summed E-state index contributed by atoms with van der Waals surface area (Å²) in [5.41, 5.74) is 5.13.